The first-order valence-electron chi connectivity index (χ1n) is 9.78. The summed E-state index contributed by atoms with van der Waals surface area (Å²) >= 11 is 6.33. The van der Waals surface area contributed by atoms with Gasteiger partial charge in [-0.3, -0.25) is 9.59 Å². The van der Waals surface area contributed by atoms with Crippen molar-refractivity contribution in [3.8, 4) is 5.75 Å². The molecule has 2 amide bonds. The number of halogens is 1. The molecule has 2 aromatic carbocycles. The van der Waals surface area contributed by atoms with Crippen LogP contribution in [0.3, 0.4) is 0 Å². The van der Waals surface area contributed by atoms with Gasteiger partial charge in [-0.05, 0) is 48.6 Å². The number of likely N-dealkylation sites (tertiary alicyclic amines) is 1. The Bertz CT molecular complexity index is 984. The van der Waals surface area contributed by atoms with Crippen LogP contribution in [0.25, 0.3) is 5.57 Å². The average Bonchev–Trinajstić information content (AvgIpc) is 2.99. The molecule has 5 nitrogen and oxygen atoms in total. The van der Waals surface area contributed by atoms with E-state index in [1.807, 2.05) is 12.1 Å². The van der Waals surface area contributed by atoms with Crippen LogP contribution in [0.15, 0.2) is 54.2 Å². The quantitative estimate of drug-likeness (QED) is 0.702. The van der Waals surface area contributed by atoms with Gasteiger partial charge in [-0.15, -0.1) is 0 Å². The van der Waals surface area contributed by atoms with Crippen molar-refractivity contribution in [1.82, 2.24) is 4.90 Å². The molecule has 2 heterocycles. The van der Waals surface area contributed by atoms with Crippen LogP contribution in [0.1, 0.15) is 25.3 Å². The Morgan fingerprint density at radius 1 is 1.03 bits per heavy atom. The first-order valence-corrected chi connectivity index (χ1v) is 10.2. The lowest BCUT2D eigenvalue weighted by Gasteiger charge is -2.33. The summed E-state index contributed by atoms with van der Waals surface area (Å²) in [6, 6.07) is 14.2. The number of amides is 2. The summed E-state index contributed by atoms with van der Waals surface area (Å²) in [5, 5.41) is 0.372. The van der Waals surface area contributed by atoms with Crippen molar-refractivity contribution in [1.29, 1.82) is 0 Å². The van der Waals surface area contributed by atoms with Crippen LogP contribution in [-0.4, -0.2) is 36.9 Å². The van der Waals surface area contributed by atoms with E-state index in [1.54, 1.807) is 43.5 Å². The maximum atomic E-state index is 13.5. The van der Waals surface area contributed by atoms with Crippen LogP contribution < -0.4 is 9.64 Å². The predicted molar refractivity (Wildman–Crippen MR) is 114 cm³/mol. The number of carbonyl (C=O) groups is 2. The second-order valence-electron chi connectivity index (χ2n) is 7.54. The molecule has 0 aromatic heterocycles. The summed E-state index contributed by atoms with van der Waals surface area (Å²) in [6.07, 6.45) is 2.12. The minimum atomic E-state index is -0.346. The summed E-state index contributed by atoms with van der Waals surface area (Å²) < 4.78 is 5.24. The van der Waals surface area contributed by atoms with Crippen LogP contribution in [0.5, 0.6) is 5.75 Å². The Kier molecular flexibility index (Phi) is 5.33. The number of imide groups is 1. The topological polar surface area (TPSA) is 49.9 Å². The van der Waals surface area contributed by atoms with Crippen molar-refractivity contribution in [3.63, 3.8) is 0 Å². The third-order valence-electron chi connectivity index (χ3n) is 5.50. The van der Waals surface area contributed by atoms with Crippen LogP contribution >= 0.6 is 11.6 Å². The Hall–Kier alpha value is -2.79. The summed E-state index contributed by atoms with van der Waals surface area (Å²) in [5.74, 6) is 0.498. The van der Waals surface area contributed by atoms with E-state index in [0.29, 0.717) is 39.2 Å². The molecule has 0 N–H and O–H groups in total. The molecule has 2 aromatic rings. The van der Waals surface area contributed by atoms with Crippen LogP contribution in [0, 0.1) is 5.92 Å². The smallest absolute Gasteiger partial charge is 0.282 e. The third kappa shape index (κ3) is 3.51. The number of benzene rings is 2. The van der Waals surface area contributed by atoms with Gasteiger partial charge in [-0.1, -0.05) is 42.8 Å². The van der Waals surface area contributed by atoms with Crippen molar-refractivity contribution in [2.75, 3.05) is 25.1 Å². The first-order chi connectivity index (χ1) is 14.0. The van der Waals surface area contributed by atoms with E-state index >= 15 is 0 Å². The highest BCUT2D eigenvalue weighted by atomic mass is 35.5. The molecule has 2 aliphatic rings. The SMILES string of the molecule is COc1ccc(C2=C(N3CCCC(C)C3)C(=O)N(c3ccccc3Cl)C2=O)cc1. The molecule has 0 spiro atoms. The van der Waals surface area contributed by atoms with Crippen LogP contribution in [-0.2, 0) is 9.59 Å². The Balaban J connectivity index is 1.83. The molecule has 2 aliphatic heterocycles. The number of hydrogen-bond donors (Lipinski definition) is 0. The molecule has 0 radical (unpaired) electrons. The number of piperidine rings is 1. The molecular weight excluding hydrogens is 388 g/mol. The molecule has 1 saturated heterocycles. The highest BCUT2D eigenvalue weighted by Gasteiger charge is 2.43. The van der Waals surface area contributed by atoms with Gasteiger partial charge in [0.05, 0.1) is 23.4 Å². The molecule has 1 unspecified atom stereocenters. The lowest BCUT2D eigenvalue weighted by Crippen LogP contribution is -2.39. The number of methoxy groups -OCH3 is 1. The van der Waals surface area contributed by atoms with Gasteiger partial charge in [0.15, 0.2) is 0 Å². The standard InChI is InChI=1S/C23H23ClN2O3/c1-15-6-5-13-25(14-15)21-20(16-9-11-17(29-2)12-10-16)22(27)26(23(21)28)19-8-4-3-7-18(19)24/h3-4,7-12,15H,5-6,13-14H2,1-2H3. The maximum absolute atomic E-state index is 13.5. The fourth-order valence-corrected chi connectivity index (χ4v) is 4.29. The van der Waals surface area contributed by atoms with Crippen LogP contribution in [0.2, 0.25) is 5.02 Å². The van der Waals surface area contributed by atoms with Crippen molar-refractivity contribution >= 4 is 34.7 Å². The number of ether oxygens (including phenoxy) is 1. The Morgan fingerprint density at radius 2 is 1.76 bits per heavy atom. The fourth-order valence-electron chi connectivity index (χ4n) is 4.07. The van der Waals surface area contributed by atoms with E-state index in [2.05, 4.69) is 11.8 Å². The predicted octanol–water partition coefficient (Wildman–Crippen LogP) is 4.37. The summed E-state index contributed by atoms with van der Waals surface area (Å²) in [7, 11) is 1.60. The zero-order chi connectivity index (χ0) is 20.5. The Morgan fingerprint density at radius 3 is 2.41 bits per heavy atom. The lowest BCUT2D eigenvalue weighted by atomic mass is 9.98. The third-order valence-corrected chi connectivity index (χ3v) is 5.82. The molecule has 1 fully saturated rings. The maximum Gasteiger partial charge on any atom is 0.282 e. The second kappa shape index (κ2) is 7.91. The molecule has 0 bridgehead atoms. The number of rotatable bonds is 4. The van der Waals surface area contributed by atoms with E-state index in [0.717, 1.165) is 25.9 Å². The van der Waals surface area contributed by atoms with Gasteiger partial charge >= 0.3 is 0 Å². The van der Waals surface area contributed by atoms with E-state index in [9.17, 15) is 9.59 Å². The minimum Gasteiger partial charge on any atom is -0.497 e. The van der Waals surface area contributed by atoms with E-state index in [1.165, 1.54) is 4.90 Å². The van der Waals surface area contributed by atoms with E-state index in [4.69, 9.17) is 16.3 Å². The largest absolute Gasteiger partial charge is 0.497 e. The zero-order valence-electron chi connectivity index (χ0n) is 16.5. The van der Waals surface area contributed by atoms with Crippen molar-refractivity contribution in [2.45, 2.75) is 19.8 Å². The summed E-state index contributed by atoms with van der Waals surface area (Å²) in [5.41, 5.74) is 2.00. The molecule has 150 valence electrons. The van der Waals surface area contributed by atoms with Crippen LogP contribution in [0.4, 0.5) is 5.69 Å². The van der Waals surface area contributed by atoms with Crippen molar-refractivity contribution in [3.05, 3.63) is 64.8 Å². The van der Waals surface area contributed by atoms with Gasteiger partial charge in [0.2, 0.25) is 0 Å². The van der Waals surface area contributed by atoms with Gasteiger partial charge in [0, 0.05) is 13.1 Å². The number of anilines is 1. The molecular formula is C23H23ClN2O3. The normalized spacial score (nSPS) is 19.9. The van der Waals surface area contributed by atoms with E-state index in [-0.39, 0.29) is 11.8 Å². The molecule has 1 atom stereocenters. The number of para-hydroxylation sites is 1. The molecule has 0 saturated carbocycles. The average molecular weight is 411 g/mol. The lowest BCUT2D eigenvalue weighted by molar-refractivity contribution is -0.120. The van der Waals surface area contributed by atoms with Crippen molar-refractivity contribution < 1.29 is 14.3 Å². The first kappa shape index (κ1) is 19.5. The van der Waals surface area contributed by atoms with Gasteiger partial charge < -0.3 is 9.64 Å². The van der Waals surface area contributed by atoms with Gasteiger partial charge in [0.1, 0.15) is 11.4 Å². The van der Waals surface area contributed by atoms with Crippen molar-refractivity contribution in [2.24, 2.45) is 5.92 Å². The Labute approximate surface area is 175 Å². The molecule has 6 heteroatoms. The summed E-state index contributed by atoms with van der Waals surface area (Å²) in [4.78, 5) is 30.3. The van der Waals surface area contributed by atoms with Gasteiger partial charge in [0.25, 0.3) is 11.8 Å². The van der Waals surface area contributed by atoms with E-state index < -0.39 is 0 Å². The number of hydrogen-bond acceptors (Lipinski definition) is 4. The zero-order valence-corrected chi connectivity index (χ0v) is 17.3. The monoisotopic (exact) mass is 410 g/mol. The highest BCUT2D eigenvalue weighted by Crippen LogP contribution is 2.38. The fraction of sp³-hybridized carbons (Fsp3) is 0.304. The second-order valence-corrected chi connectivity index (χ2v) is 7.95. The molecule has 0 aliphatic carbocycles. The highest BCUT2D eigenvalue weighted by molar-refractivity contribution is 6.47. The minimum absolute atomic E-state index is 0.317. The molecule has 4 rings (SSSR count). The molecule has 29 heavy (non-hydrogen) atoms. The van der Waals surface area contributed by atoms with Gasteiger partial charge in [-0.2, -0.15) is 0 Å². The number of carbonyl (C=O) groups excluding carboxylic acids is 2. The number of nitrogens with zero attached hydrogens (tertiary/aromatic N) is 2. The van der Waals surface area contributed by atoms with Gasteiger partial charge in [-0.25, -0.2) is 4.90 Å². The summed E-state index contributed by atoms with van der Waals surface area (Å²) in [6.45, 7) is 3.69.